The second kappa shape index (κ2) is 3.95. The SMILES string of the molecule is O=C1C(=O)N(CCC2CC2)c2cc(Br)ccc21. The Morgan fingerprint density at radius 1 is 1.29 bits per heavy atom. The summed E-state index contributed by atoms with van der Waals surface area (Å²) in [6.07, 6.45) is 3.54. The molecule has 3 rings (SSSR count). The molecule has 1 aromatic carbocycles. The number of benzene rings is 1. The fourth-order valence-electron chi connectivity index (χ4n) is 2.21. The van der Waals surface area contributed by atoms with E-state index in [1.807, 2.05) is 6.07 Å². The van der Waals surface area contributed by atoms with Crippen LogP contribution in [0.2, 0.25) is 0 Å². The van der Waals surface area contributed by atoms with Crippen LogP contribution in [0.25, 0.3) is 0 Å². The largest absolute Gasteiger partial charge is 0.305 e. The minimum absolute atomic E-state index is 0.372. The molecule has 0 bridgehead atoms. The van der Waals surface area contributed by atoms with Crippen molar-refractivity contribution in [1.29, 1.82) is 0 Å². The van der Waals surface area contributed by atoms with Crippen LogP contribution < -0.4 is 4.90 Å². The Labute approximate surface area is 108 Å². The molecule has 0 radical (unpaired) electrons. The molecule has 0 saturated heterocycles. The molecule has 1 fully saturated rings. The molecular formula is C13H12BrNO2. The van der Waals surface area contributed by atoms with Gasteiger partial charge < -0.3 is 4.90 Å². The Hall–Kier alpha value is -1.16. The lowest BCUT2D eigenvalue weighted by molar-refractivity contribution is -0.114. The number of ketones is 1. The van der Waals surface area contributed by atoms with E-state index in [2.05, 4.69) is 15.9 Å². The van der Waals surface area contributed by atoms with Crippen molar-refractivity contribution in [2.24, 2.45) is 5.92 Å². The normalized spacial score (nSPS) is 18.8. The minimum atomic E-state index is -0.376. The Balaban J connectivity index is 1.90. The summed E-state index contributed by atoms with van der Waals surface area (Å²) in [6, 6.07) is 5.37. The average molecular weight is 294 g/mol. The number of carbonyl (C=O) groups is 2. The standard InChI is InChI=1S/C13H12BrNO2/c14-9-3-4-10-11(7-9)15(13(17)12(10)16)6-5-8-1-2-8/h3-4,7-8H,1-2,5-6H2. The molecule has 0 atom stereocenters. The quantitative estimate of drug-likeness (QED) is 0.804. The molecule has 3 nitrogen and oxygen atoms in total. The first-order valence-electron chi connectivity index (χ1n) is 5.82. The molecule has 0 unspecified atom stereocenters. The van der Waals surface area contributed by atoms with Crippen LogP contribution in [0.15, 0.2) is 22.7 Å². The summed E-state index contributed by atoms with van der Waals surface area (Å²) in [4.78, 5) is 25.3. The van der Waals surface area contributed by atoms with Gasteiger partial charge >= 0.3 is 0 Å². The maximum absolute atomic E-state index is 11.9. The van der Waals surface area contributed by atoms with Gasteiger partial charge in [0.15, 0.2) is 0 Å². The summed E-state index contributed by atoms with van der Waals surface area (Å²) < 4.78 is 0.898. The number of halogens is 1. The molecule has 1 amide bonds. The first-order chi connectivity index (χ1) is 8.16. The van der Waals surface area contributed by atoms with Gasteiger partial charge in [0.05, 0.1) is 11.3 Å². The number of hydrogen-bond donors (Lipinski definition) is 0. The third kappa shape index (κ3) is 1.90. The first kappa shape index (κ1) is 11.0. The van der Waals surface area contributed by atoms with E-state index in [1.54, 1.807) is 17.0 Å². The number of amides is 1. The summed E-state index contributed by atoms with van der Waals surface area (Å²) in [5.74, 6) is 0.0103. The highest BCUT2D eigenvalue weighted by Crippen LogP contribution is 2.36. The molecule has 4 heteroatoms. The molecule has 0 N–H and O–H groups in total. The first-order valence-corrected chi connectivity index (χ1v) is 6.62. The number of rotatable bonds is 3. The topological polar surface area (TPSA) is 37.4 Å². The number of Topliss-reactive ketones (excluding diaryl/α,β-unsaturated/α-hetero) is 1. The van der Waals surface area contributed by atoms with Crippen molar-refractivity contribution in [3.63, 3.8) is 0 Å². The van der Waals surface area contributed by atoms with Crippen molar-refractivity contribution in [3.8, 4) is 0 Å². The second-order valence-electron chi connectivity index (χ2n) is 4.68. The van der Waals surface area contributed by atoms with Gasteiger partial charge in [0.25, 0.3) is 11.7 Å². The Morgan fingerprint density at radius 3 is 2.76 bits per heavy atom. The molecule has 88 valence electrons. The van der Waals surface area contributed by atoms with Crippen LogP contribution in [0, 0.1) is 5.92 Å². The van der Waals surface area contributed by atoms with Crippen molar-refractivity contribution in [2.45, 2.75) is 19.3 Å². The summed E-state index contributed by atoms with van der Waals surface area (Å²) >= 11 is 3.38. The lowest BCUT2D eigenvalue weighted by atomic mass is 10.1. The zero-order chi connectivity index (χ0) is 12.0. The van der Waals surface area contributed by atoms with Crippen LogP contribution in [0.1, 0.15) is 29.6 Å². The highest BCUT2D eigenvalue weighted by atomic mass is 79.9. The van der Waals surface area contributed by atoms with E-state index in [0.717, 1.165) is 22.5 Å². The molecule has 1 saturated carbocycles. The van der Waals surface area contributed by atoms with Crippen LogP contribution in [-0.4, -0.2) is 18.2 Å². The number of fused-ring (bicyclic) bond motifs is 1. The van der Waals surface area contributed by atoms with E-state index in [-0.39, 0.29) is 11.7 Å². The van der Waals surface area contributed by atoms with Crippen LogP contribution in [0.5, 0.6) is 0 Å². The minimum Gasteiger partial charge on any atom is -0.305 e. The van der Waals surface area contributed by atoms with Gasteiger partial charge in [-0.2, -0.15) is 0 Å². The zero-order valence-corrected chi connectivity index (χ0v) is 10.9. The Kier molecular flexibility index (Phi) is 2.54. The van der Waals surface area contributed by atoms with E-state index in [4.69, 9.17) is 0 Å². The smallest absolute Gasteiger partial charge is 0.299 e. The molecule has 1 aliphatic carbocycles. The fraction of sp³-hybridized carbons (Fsp3) is 0.385. The lowest BCUT2D eigenvalue weighted by Crippen LogP contribution is -2.30. The number of carbonyl (C=O) groups excluding carboxylic acids is 2. The number of hydrogen-bond acceptors (Lipinski definition) is 2. The van der Waals surface area contributed by atoms with Gasteiger partial charge in [0, 0.05) is 11.0 Å². The molecule has 2 aliphatic rings. The van der Waals surface area contributed by atoms with Gasteiger partial charge in [0.2, 0.25) is 0 Å². The van der Waals surface area contributed by atoms with Crippen LogP contribution >= 0.6 is 15.9 Å². The van der Waals surface area contributed by atoms with Gasteiger partial charge in [0.1, 0.15) is 0 Å². The lowest BCUT2D eigenvalue weighted by Gasteiger charge is -2.16. The predicted octanol–water partition coefficient (Wildman–Crippen LogP) is 2.78. The Bertz CT molecular complexity index is 508. The van der Waals surface area contributed by atoms with E-state index >= 15 is 0 Å². The van der Waals surface area contributed by atoms with Gasteiger partial charge in [-0.3, -0.25) is 9.59 Å². The van der Waals surface area contributed by atoms with Gasteiger partial charge in [-0.1, -0.05) is 28.8 Å². The molecule has 0 aromatic heterocycles. The molecular weight excluding hydrogens is 282 g/mol. The van der Waals surface area contributed by atoms with Gasteiger partial charge in [-0.15, -0.1) is 0 Å². The van der Waals surface area contributed by atoms with Gasteiger partial charge in [-0.05, 0) is 30.5 Å². The van der Waals surface area contributed by atoms with Crippen LogP contribution in [0.4, 0.5) is 5.69 Å². The second-order valence-corrected chi connectivity index (χ2v) is 5.60. The third-order valence-electron chi connectivity index (χ3n) is 3.39. The van der Waals surface area contributed by atoms with Crippen molar-refractivity contribution in [1.82, 2.24) is 0 Å². The highest BCUT2D eigenvalue weighted by Gasteiger charge is 2.36. The fourth-order valence-corrected chi connectivity index (χ4v) is 2.56. The van der Waals surface area contributed by atoms with Crippen LogP contribution in [0.3, 0.4) is 0 Å². The predicted molar refractivity (Wildman–Crippen MR) is 68.2 cm³/mol. The van der Waals surface area contributed by atoms with Crippen molar-refractivity contribution >= 4 is 33.3 Å². The molecule has 1 aromatic rings. The molecule has 17 heavy (non-hydrogen) atoms. The summed E-state index contributed by atoms with van der Waals surface area (Å²) in [7, 11) is 0. The Morgan fingerprint density at radius 2 is 2.06 bits per heavy atom. The van der Waals surface area contributed by atoms with E-state index in [0.29, 0.717) is 12.1 Å². The van der Waals surface area contributed by atoms with Crippen molar-refractivity contribution in [2.75, 3.05) is 11.4 Å². The molecule has 0 spiro atoms. The van der Waals surface area contributed by atoms with E-state index in [1.165, 1.54) is 12.8 Å². The van der Waals surface area contributed by atoms with E-state index in [9.17, 15) is 9.59 Å². The van der Waals surface area contributed by atoms with Crippen LogP contribution in [-0.2, 0) is 4.79 Å². The molecule has 1 aliphatic heterocycles. The number of anilines is 1. The zero-order valence-electron chi connectivity index (χ0n) is 9.28. The third-order valence-corrected chi connectivity index (χ3v) is 3.89. The average Bonchev–Trinajstić information content (AvgIpc) is 3.09. The summed E-state index contributed by atoms with van der Waals surface area (Å²) in [6.45, 7) is 0.665. The highest BCUT2D eigenvalue weighted by molar-refractivity contribution is 9.10. The molecule has 1 heterocycles. The number of nitrogens with zero attached hydrogens (tertiary/aromatic N) is 1. The maximum atomic E-state index is 11.9. The summed E-state index contributed by atoms with van der Waals surface area (Å²) in [5, 5.41) is 0. The summed E-state index contributed by atoms with van der Waals surface area (Å²) in [5.41, 5.74) is 1.30. The van der Waals surface area contributed by atoms with Crippen molar-refractivity contribution < 1.29 is 9.59 Å². The monoisotopic (exact) mass is 293 g/mol. The maximum Gasteiger partial charge on any atom is 0.299 e. The van der Waals surface area contributed by atoms with E-state index < -0.39 is 0 Å². The van der Waals surface area contributed by atoms with Crippen molar-refractivity contribution in [3.05, 3.63) is 28.2 Å². The van der Waals surface area contributed by atoms with Gasteiger partial charge in [-0.25, -0.2) is 0 Å².